The van der Waals surface area contributed by atoms with Crippen LogP contribution in [0.4, 0.5) is 11.9 Å². The molecule has 5 nitrogen and oxygen atoms in total. The fourth-order valence-electron chi connectivity index (χ4n) is 1.92. The van der Waals surface area contributed by atoms with Crippen molar-refractivity contribution >= 4 is 11.9 Å². The third kappa shape index (κ3) is 1.42. The van der Waals surface area contributed by atoms with Gasteiger partial charge in [-0.05, 0) is 11.8 Å². The minimum absolute atomic E-state index is 0.191. The number of hydrogen-bond acceptors (Lipinski definition) is 4. The van der Waals surface area contributed by atoms with Crippen molar-refractivity contribution in [2.24, 2.45) is 5.41 Å². The predicted octanol–water partition coefficient (Wildman–Crippen LogP) is 1.26. The van der Waals surface area contributed by atoms with Crippen molar-refractivity contribution in [2.75, 3.05) is 17.6 Å². The molecule has 3 N–H and O–H groups in total. The van der Waals surface area contributed by atoms with Crippen LogP contribution < -0.4 is 11.1 Å². The first-order valence-electron chi connectivity index (χ1n) is 4.94. The summed E-state index contributed by atoms with van der Waals surface area (Å²) in [6, 6.07) is 0.378. The zero-order valence-corrected chi connectivity index (χ0v) is 8.91. The number of fused-ring (bicyclic) bond motifs is 1. The Bertz CT molecular complexity index is 335. The van der Waals surface area contributed by atoms with Crippen LogP contribution in [0, 0.1) is 5.41 Å². The van der Waals surface area contributed by atoms with E-state index < -0.39 is 0 Å². The molecular weight excluding hydrogens is 178 g/mol. The molecular formula is C9H17N5. The fraction of sp³-hybridized carbons (Fsp3) is 0.778. The minimum Gasteiger partial charge on any atom is -0.366 e. The average Bonchev–Trinajstić information content (AvgIpc) is 2.41. The molecule has 0 spiro atoms. The quantitative estimate of drug-likeness (QED) is 0.654. The minimum atomic E-state index is 0.191. The summed E-state index contributed by atoms with van der Waals surface area (Å²) in [5.74, 6) is 1.15. The van der Waals surface area contributed by atoms with E-state index in [1.165, 1.54) is 0 Å². The Balaban J connectivity index is 2.40. The number of hydrogen-bond donors (Lipinski definition) is 2. The summed E-state index contributed by atoms with van der Waals surface area (Å²) in [5.41, 5.74) is 5.77. The maximum absolute atomic E-state index is 5.58. The van der Waals surface area contributed by atoms with Crippen LogP contribution >= 0.6 is 0 Å². The molecule has 78 valence electrons. The van der Waals surface area contributed by atoms with Gasteiger partial charge in [-0.1, -0.05) is 20.8 Å². The second-order valence-corrected chi connectivity index (χ2v) is 4.84. The molecule has 1 aliphatic rings. The molecule has 0 saturated heterocycles. The van der Waals surface area contributed by atoms with Gasteiger partial charge < -0.3 is 11.1 Å². The van der Waals surface area contributed by atoms with E-state index in [1.54, 1.807) is 0 Å². The number of nitrogens with one attached hydrogen (secondary N) is 1. The summed E-state index contributed by atoms with van der Waals surface area (Å²) in [6.07, 6.45) is 1.07. The van der Waals surface area contributed by atoms with Gasteiger partial charge in [0.15, 0.2) is 0 Å². The second-order valence-electron chi connectivity index (χ2n) is 4.84. The molecule has 2 heterocycles. The largest absolute Gasteiger partial charge is 0.366 e. The van der Waals surface area contributed by atoms with E-state index in [0.717, 1.165) is 18.9 Å². The molecule has 0 saturated carbocycles. The molecule has 1 aromatic heterocycles. The lowest BCUT2D eigenvalue weighted by molar-refractivity contribution is 0.210. The maximum atomic E-state index is 5.58. The first-order chi connectivity index (χ1) is 6.48. The van der Waals surface area contributed by atoms with E-state index in [4.69, 9.17) is 5.73 Å². The summed E-state index contributed by atoms with van der Waals surface area (Å²) >= 11 is 0. The van der Waals surface area contributed by atoms with Crippen LogP contribution in [0.5, 0.6) is 0 Å². The first-order valence-corrected chi connectivity index (χ1v) is 4.94. The number of aromatic nitrogens is 3. The Hall–Kier alpha value is -1.26. The van der Waals surface area contributed by atoms with Crippen LogP contribution in [-0.2, 0) is 0 Å². The van der Waals surface area contributed by atoms with E-state index in [2.05, 4.69) is 36.2 Å². The second kappa shape index (κ2) is 2.87. The Morgan fingerprint density at radius 1 is 1.50 bits per heavy atom. The van der Waals surface area contributed by atoms with Gasteiger partial charge in [-0.3, -0.25) is 0 Å². The summed E-state index contributed by atoms with van der Waals surface area (Å²) in [6.45, 7) is 7.58. The summed E-state index contributed by atoms with van der Waals surface area (Å²) in [5, 5.41) is 7.41. The zero-order chi connectivity index (χ0) is 10.3. The van der Waals surface area contributed by atoms with Crippen molar-refractivity contribution in [2.45, 2.75) is 33.2 Å². The number of nitrogens with zero attached hydrogens (tertiary/aromatic N) is 3. The van der Waals surface area contributed by atoms with Crippen LogP contribution in [0.15, 0.2) is 0 Å². The van der Waals surface area contributed by atoms with Crippen molar-refractivity contribution in [3.05, 3.63) is 0 Å². The van der Waals surface area contributed by atoms with Crippen molar-refractivity contribution in [1.82, 2.24) is 14.8 Å². The van der Waals surface area contributed by atoms with Crippen LogP contribution in [0.25, 0.3) is 0 Å². The van der Waals surface area contributed by atoms with Gasteiger partial charge in [0.05, 0.1) is 6.04 Å². The molecule has 0 radical (unpaired) electrons. The Labute approximate surface area is 83.7 Å². The van der Waals surface area contributed by atoms with Crippen molar-refractivity contribution in [3.8, 4) is 0 Å². The topological polar surface area (TPSA) is 68.8 Å². The lowest BCUT2D eigenvalue weighted by Gasteiger charge is -2.34. The zero-order valence-electron chi connectivity index (χ0n) is 8.91. The molecule has 0 aromatic carbocycles. The van der Waals surface area contributed by atoms with Gasteiger partial charge in [-0.15, -0.1) is 5.10 Å². The Kier molecular flexibility index (Phi) is 1.90. The van der Waals surface area contributed by atoms with Gasteiger partial charge in [-0.2, -0.15) is 4.98 Å². The highest BCUT2D eigenvalue weighted by atomic mass is 15.4. The molecule has 1 aliphatic heterocycles. The van der Waals surface area contributed by atoms with Gasteiger partial charge in [0.25, 0.3) is 0 Å². The van der Waals surface area contributed by atoms with Gasteiger partial charge in [-0.25, -0.2) is 4.68 Å². The summed E-state index contributed by atoms with van der Waals surface area (Å²) < 4.78 is 1.92. The van der Waals surface area contributed by atoms with Crippen molar-refractivity contribution < 1.29 is 0 Å². The van der Waals surface area contributed by atoms with Crippen LogP contribution in [-0.4, -0.2) is 21.3 Å². The number of nitrogen functional groups attached to an aromatic ring is 1. The lowest BCUT2D eigenvalue weighted by Crippen LogP contribution is -2.32. The third-order valence-corrected chi connectivity index (χ3v) is 2.64. The summed E-state index contributed by atoms with van der Waals surface area (Å²) in [4.78, 5) is 4.13. The number of anilines is 2. The molecule has 5 heteroatoms. The average molecular weight is 195 g/mol. The van der Waals surface area contributed by atoms with Gasteiger partial charge in [0.1, 0.15) is 0 Å². The molecule has 1 aromatic rings. The lowest BCUT2D eigenvalue weighted by atomic mass is 9.84. The maximum Gasteiger partial charge on any atom is 0.241 e. The highest BCUT2D eigenvalue weighted by Crippen LogP contribution is 2.36. The SMILES string of the molecule is CC(C)(C)C1CCNc2nc(N)nn21. The molecule has 1 atom stereocenters. The molecule has 0 fully saturated rings. The van der Waals surface area contributed by atoms with E-state index >= 15 is 0 Å². The monoisotopic (exact) mass is 195 g/mol. The van der Waals surface area contributed by atoms with E-state index in [9.17, 15) is 0 Å². The van der Waals surface area contributed by atoms with E-state index in [1.807, 2.05) is 4.68 Å². The smallest absolute Gasteiger partial charge is 0.241 e. The number of rotatable bonds is 0. The van der Waals surface area contributed by atoms with Crippen LogP contribution in [0.1, 0.15) is 33.2 Å². The standard InChI is InChI=1S/C9H17N5/c1-9(2,3)6-4-5-11-8-12-7(10)13-14(6)8/h6H,4-5H2,1-3H3,(H3,10,11,12,13). The fourth-order valence-corrected chi connectivity index (χ4v) is 1.92. The summed E-state index contributed by atoms with van der Waals surface area (Å²) in [7, 11) is 0. The molecule has 1 unspecified atom stereocenters. The predicted molar refractivity (Wildman–Crippen MR) is 56.0 cm³/mol. The van der Waals surface area contributed by atoms with E-state index in [0.29, 0.717) is 12.0 Å². The highest BCUT2D eigenvalue weighted by Gasteiger charge is 2.31. The van der Waals surface area contributed by atoms with Crippen molar-refractivity contribution in [3.63, 3.8) is 0 Å². The molecule has 14 heavy (non-hydrogen) atoms. The van der Waals surface area contributed by atoms with Crippen LogP contribution in [0.3, 0.4) is 0 Å². The molecule has 0 amide bonds. The molecule has 0 bridgehead atoms. The number of nitrogens with two attached hydrogens (primary N) is 1. The van der Waals surface area contributed by atoms with Gasteiger partial charge in [0.2, 0.25) is 11.9 Å². The van der Waals surface area contributed by atoms with Crippen molar-refractivity contribution in [1.29, 1.82) is 0 Å². The first kappa shape index (κ1) is 9.30. The molecule has 2 rings (SSSR count). The normalized spacial score (nSPS) is 21.5. The van der Waals surface area contributed by atoms with E-state index in [-0.39, 0.29) is 5.41 Å². The van der Waals surface area contributed by atoms with Gasteiger partial charge in [0, 0.05) is 6.54 Å². The molecule has 0 aliphatic carbocycles. The van der Waals surface area contributed by atoms with Crippen LogP contribution in [0.2, 0.25) is 0 Å². The third-order valence-electron chi connectivity index (χ3n) is 2.64. The Morgan fingerprint density at radius 3 is 2.86 bits per heavy atom. The highest BCUT2D eigenvalue weighted by molar-refractivity contribution is 5.34. The van der Waals surface area contributed by atoms with Gasteiger partial charge >= 0.3 is 0 Å². The Morgan fingerprint density at radius 2 is 2.21 bits per heavy atom.